The Hall–Kier alpha value is -1.53. The molecule has 2 aromatic rings. The summed E-state index contributed by atoms with van der Waals surface area (Å²) < 4.78 is 11.5. The summed E-state index contributed by atoms with van der Waals surface area (Å²) in [6, 6.07) is 6.16. The van der Waals surface area contributed by atoms with Gasteiger partial charge in [-0.3, -0.25) is 0 Å². The summed E-state index contributed by atoms with van der Waals surface area (Å²) in [6.45, 7) is 6.76. The summed E-state index contributed by atoms with van der Waals surface area (Å²) in [5, 5.41) is 8.86. The van der Waals surface area contributed by atoms with Gasteiger partial charge in [0.05, 0.1) is 0 Å². The van der Waals surface area contributed by atoms with Crippen molar-refractivity contribution in [2.45, 2.75) is 38.5 Å². The van der Waals surface area contributed by atoms with Gasteiger partial charge in [0.1, 0.15) is 5.75 Å². The molecule has 0 N–H and O–H groups in total. The summed E-state index contributed by atoms with van der Waals surface area (Å²) in [7, 11) is 2.19. The van der Waals surface area contributed by atoms with E-state index in [0.29, 0.717) is 23.6 Å². The second-order valence-corrected chi connectivity index (χ2v) is 7.57. The molecule has 1 fully saturated rings. The standard InChI is InChI=1S/C18H25N3O2S/c1-13-6-7-14(2)16(9-13)22-11-17-19-20-18(23-17)24-12-15-5-4-8-21(3)10-15/h6-7,9,15H,4-5,8,10-12H2,1-3H3. The first kappa shape index (κ1) is 17.3. The number of ether oxygens (including phenoxy) is 1. The fraction of sp³-hybridized carbons (Fsp3) is 0.556. The van der Waals surface area contributed by atoms with Crippen LogP contribution >= 0.6 is 11.8 Å². The van der Waals surface area contributed by atoms with E-state index in [-0.39, 0.29) is 0 Å². The van der Waals surface area contributed by atoms with Crippen molar-refractivity contribution in [3.05, 3.63) is 35.2 Å². The normalized spacial score (nSPS) is 18.7. The molecule has 0 spiro atoms. The first-order valence-corrected chi connectivity index (χ1v) is 9.42. The molecule has 0 bridgehead atoms. The van der Waals surface area contributed by atoms with Gasteiger partial charge in [-0.15, -0.1) is 10.2 Å². The summed E-state index contributed by atoms with van der Waals surface area (Å²) in [5.74, 6) is 3.13. The SMILES string of the molecule is Cc1ccc(C)c(OCc2nnc(SCC3CCCN(C)C3)o2)c1. The Bertz CT molecular complexity index is 674. The van der Waals surface area contributed by atoms with Crippen LogP contribution in [0.5, 0.6) is 5.75 Å². The van der Waals surface area contributed by atoms with Crippen LogP contribution in [-0.4, -0.2) is 41.0 Å². The molecule has 1 unspecified atom stereocenters. The van der Waals surface area contributed by atoms with Gasteiger partial charge in [-0.2, -0.15) is 0 Å². The monoisotopic (exact) mass is 347 g/mol. The van der Waals surface area contributed by atoms with Gasteiger partial charge in [0.25, 0.3) is 11.1 Å². The number of aromatic nitrogens is 2. The number of likely N-dealkylation sites (tertiary alicyclic amines) is 1. The number of nitrogens with zero attached hydrogens (tertiary/aromatic N) is 3. The van der Waals surface area contributed by atoms with E-state index in [2.05, 4.69) is 41.2 Å². The number of piperidine rings is 1. The van der Waals surface area contributed by atoms with Crippen molar-refractivity contribution >= 4 is 11.8 Å². The average molecular weight is 347 g/mol. The molecule has 1 saturated heterocycles. The second kappa shape index (κ2) is 8.03. The highest BCUT2D eigenvalue weighted by Crippen LogP contribution is 2.25. The number of hydrogen-bond acceptors (Lipinski definition) is 6. The number of thioether (sulfide) groups is 1. The molecule has 1 aliphatic heterocycles. The first-order valence-electron chi connectivity index (χ1n) is 8.44. The Kier molecular flexibility index (Phi) is 5.79. The van der Waals surface area contributed by atoms with Gasteiger partial charge < -0.3 is 14.1 Å². The van der Waals surface area contributed by atoms with Crippen molar-refractivity contribution in [1.82, 2.24) is 15.1 Å². The molecule has 1 aromatic carbocycles. The van der Waals surface area contributed by atoms with Gasteiger partial charge in [0.2, 0.25) is 0 Å². The quantitative estimate of drug-likeness (QED) is 0.743. The highest BCUT2D eigenvalue weighted by atomic mass is 32.2. The number of benzene rings is 1. The van der Waals surface area contributed by atoms with Crippen molar-refractivity contribution in [3.8, 4) is 5.75 Å². The number of aryl methyl sites for hydroxylation is 2. The van der Waals surface area contributed by atoms with E-state index in [9.17, 15) is 0 Å². The summed E-state index contributed by atoms with van der Waals surface area (Å²) in [4.78, 5) is 2.39. The molecule has 1 aliphatic rings. The average Bonchev–Trinajstić information content (AvgIpc) is 3.02. The van der Waals surface area contributed by atoms with E-state index in [4.69, 9.17) is 9.15 Å². The minimum atomic E-state index is 0.310. The Labute approximate surface area is 147 Å². The molecule has 0 radical (unpaired) electrons. The van der Waals surface area contributed by atoms with Crippen LogP contribution < -0.4 is 4.74 Å². The minimum Gasteiger partial charge on any atom is -0.484 e. The van der Waals surface area contributed by atoms with E-state index >= 15 is 0 Å². The van der Waals surface area contributed by atoms with Crippen molar-refractivity contribution < 1.29 is 9.15 Å². The van der Waals surface area contributed by atoms with Crippen molar-refractivity contribution in [3.63, 3.8) is 0 Å². The molecule has 2 heterocycles. The maximum Gasteiger partial charge on any atom is 0.276 e. The summed E-state index contributed by atoms with van der Waals surface area (Å²) >= 11 is 1.65. The largest absolute Gasteiger partial charge is 0.484 e. The third-order valence-corrected chi connectivity index (χ3v) is 5.36. The number of hydrogen-bond donors (Lipinski definition) is 0. The second-order valence-electron chi connectivity index (χ2n) is 6.60. The lowest BCUT2D eigenvalue weighted by Gasteiger charge is -2.28. The molecular weight excluding hydrogens is 322 g/mol. The molecule has 130 valence electrons. The zero-order chi connectivity index (χ0) is 16.9. The smallest absolute Gasteiger partial charge is 0.276 e. The first-order chi connectivity index (χ1) is 11.6. The fourth-order valence-electron chi connectivity index (χ4n) is 2.96. The molecule has 1 aromatic heterocycles. The lowest BCUT2D eigenvalue weighted by molar-refractivity contribution is 0.224. The van der Waals surface area contributed by atoms with Crippen molar-refractivity contribution in [1.29, 1.82) is 0 Å². The van der Waals surface area contributed by atoms with Crippen LogP contribution in [0, 0.1) is 19.8 Å². The topological polar surface area (TPSA) is 51.4 Å². The molecule has 0 amide bonds. The van der Waals surface area contributed by atoms with Crippen LogP contribution in [0.3, 0.4) is 0 Å². The summed E-state index contributed by atoms with van der Waals surface area (Å²) in [6.07, 6.45) is 2.56. The summed E-state index contributed by atoms with van der Waals surface area (Å²) in [5.41, 5.74) is 2.28. The molecule has 0 aliphatic carbocycles. The maximum absolute atomic E-state index is 5.81. The number of rotatable bonds is 6. The molecule has 24 heavy (non-hydrogen) atoms. The van der Waals surface area contributed by atoms with E-state index in [1.165, 1.54) is 24.9 Å². The van der Waals surface area contributed by atoms with E-state index < -0.39 is 0 Å². The minimum absolute atomic E-state index is 0.310. The predicted octanol–water partition coefficient (Wildman–Crippen LogP) is 3.70. The van der Waals surface area contributed by atoms with Gasteiger partial charge in [-0.1, -0.05) is 23.9 Å². The zero-order valence-electron chi connectivity index (χ0n) is 14.6. The van der Waals surface area contributed by atoms with Gasteiger partial charge in [-0.05, 0) is 63.4 Å². The van der Waals surface area contributed by atoms with Crippen LogP contribution in [0.2, 0.25) is 0 Å². The van der Waals surface area contributed by atoms with Gasteiger partial charge in [0, 0.05) is 12.3 Å². The van der Waals surface area contributed by atoms with Crippen LogP contribution in [-0.2, 0) is 6.61 Å². The van der Waals surface area contributed by atoms with Gasteiger partial charge in [-0.25, -0.2) is 0 Å². The van der Waals surface area contributed by atoms with Gasteiger partial charge >= 0.3 is 0 Å². The molecule has 3 rings (SSSR count). The lowest BCUT2D eigenvalue weighted by Crippen LogP contribution is -2.33. The van der Waals surface area contributed by atoms with Crippen LogP contribution in [0.25, 0.3) is 0 Å². The Balaban J connectivity index is 1.49. The van der Waals surface area contributed by atoms with Crippen LogP contribution in [0.15, 0.2) is 27.8 Å². The third-order valence-electron chi connectivity index (χ3n) is 4.31. The molecular formula is C18H25N3O2S. The lowest BCUT2D eigenvalue weighted by atomic mass is 10.0. The highest BCUT2D eigenvalue weighted by Gasteiger charge is 2.18. The van der Waals surface area contributed by atoms with Gasteiger partial charge in [0.15, 0.2) is 6.61 Å². The fourth-order valence-corrected chi connectivity index (χ4v) is 3.86. The van der Waals surface area contributed by atoms with Crippen molar-refractivity contribution in [2.24, 2.45) is 5.92 Å². The third kappa shape index (κ3) is 4.74. The van der Waals surface area contributed by atoms with E-state index in [1.54, 1.807) is 11.8 Å². The van der Waals surface area contributed by atoms with Crippen LogP contribution in [0.1, 0.15) is 29.9 Å². The molecule has 6 heteroatoms. The van der Waals surface area contributed by atoms with Crippen molar-refractivity contribution in [2.75, 3.05) is 25.9 Å². The molecule has 0 saturated carbocycles. The Morgan fingerprint density at radius 3 is 3.04 bits per heavy atom. The predicted molar refractivity (Wildman–Crippen MR) is 95.5 cm³/mol. The van der Waals surface area contributed by atoms with E-state index in [0.717, 1.165) is 23.6 Å². The Morgan fingerprint density at radius 2 is 2.21 bits per heavy atom. The van der Waals surface area contributed by atoms with E-state index in [1.807, 2.05) is 13.0 Å². The zero-order valence-corrected chi connectivity index (χ0v) is 15.4. The Morgan fingerprint density at radius 1 is 1.33 bits per heavy atom. The highest BCUT2D eigenvalue weighted by molar-refractivity contribution is 7.99. The van der Waals surface area contributed by atoms with Crippen LogP contribution in [0.4, 0.5) is 0 Å². The molecule has 1 atom stereocenters. The molecule has 5 nitrogen and oxygen atoms in total. The maximum atomic E-state index is 5.81.